The van der Waals surface area contributed by atoms with E-state index >= 15 is 0 Å². The van der Waals surface area contributed by atoms with E-state index in [0.717, 1.165) is 17.7 Å². The Hall–Kier alpha value is -1.87. The second-order valence-electron chi connectivity index (χ2n) is 3.78. The minimum absolute atomic E-state index is 0.542. The SMILES string of the molecule is NCCc1cccc(OCc2ccccc2)n1. The highest BCUT2D eigenvalue weighted by Crippen LogP contribution is 2.10. The molecular formula is C14H16N2O. The van der Waals surface area contributed by atoms with Crippen LogP contribution in [0, 0.1) is 0 Å². The summed E-state index contributed by atoms with van der Waals surface area (Å²) in [6.07, 6.45) is 0.780. The third-order valence-corrected chi connectivity index (χ3v) is 2.41. The van der Waals surface area contributed by atoms with Gasteiger partial charge >= 0.3 is 0 Å². The number of hydrogen-bond donors (Lipinski definition) is 1. The zero-order valence-corrected chi connectivity index (χ0v) is 9.67. The van der Waals surface area contributed by atoms with E-state index in [0.29, 0.717) is 19.0 Å². The van der Waals surface area contributed by atoms with Gasteiger partial charge in [0.1, 0.15) is 6.61 Å². The van der Waals surface area contributed by atoms with E-state index < -0.39 is 0 Å². The van der Waals surface area contributed by atoms with Gasteiger partial charge in [0.05, 0.1) is 0 Å². The lowest BCUT2D eigenvalue weighted by Crippen LogP contribution is -2.05. The van der Waals surface area contributed by atoms with Gasteiger partial charge in [-0.05, 0) is 18.2 Å². The maximum absolute atomic E-state index is 5.63. The predicted octanol–water partition coefficient (Wildman–Crippen LogP) is 2.16. The molecule has 0 aliphatic carbocycles. The first-order valence-corrected chi connectivity index (χ1v) is 5.71. The minimum atomic E-state index is 0.542. The quantitative estimate of drug-likeness (QED) is 0.853. The van der Waals surface area contributed by atoms with Crippen molar-refractivity contribution in [2.75, 3.05) is 6.54 Å². The smallest absolute Gasteiger partial charge is 0.213 e. The molecule has 1 aromatic carbocycles. The van der Waals surface area contributed by atoms with E-state index in [-0.39, 0.29) is 0 Å². The van der Waals surface area contributed by atoms with E-state index in [1.165, 1.54) is 0 Å². The van der Waals surface area contributed by atoms with Crippen molar-refractivity contribution in [3.63, 3.8) is 0 Å². The van der Waals surface area contributed by atoms with Crippen LogP contribution in [0.15, 0.2) is 48.5 Å². The highest BCUT2D eigenvalue weighted by molar-refractivity contribution is 5.18. The molecule has 2 N–H and O–H groups in total. The number of rotatable bonds is 5. The van der Waals surface area contributed by atoms with Crippen molar-refractivity contribution in [1.29, 1.82) is 0 Å². The lowest BCUT2D eigenvalue weighted by molar-refractivity contribution is 0.293. The maximum Gasteiger partial charge on any atom is 0.213 e. The van der Waals surface area contributed by atoms with Crippen molar-refractivity contribution in [1.82, 2.24) is 4.98 Å². The standard InChI is InChI=1S/C14H16N2O/c15-10-9-13-7-4-8-14(16-13)17-11-12-5-2-1-3-6-12/h1-8H,9-11,15H2. The molecule has 3 nitrogen and oxygen atoms in total. The molecule has 0 spiro atoms. The summed E-state index contributed by atoms with van der Waals surface area (Å²) in [5.74, 6) is 0.653. The Labute approximate surface area is 101 Å². The van der Waals surface area contributed by atoms with E-state index in [1.807, 2.05) is 48.5 Å². The van der Waals surface area contributed by atoms with E-state index in [1.54, 1.807) is 0 Å². The van der Waals surface area contributed by atoms with Crippen LogP contribution in [0.25, 0.3) is 0 Å². The summed E-state index contributed by atoms with van der Waals surface area (Å²) in [4.78, 5) is 4.38. The first-order valence-electron chi connectivity index (χ1n) is 5.71. The van der Waals surface area contributed by atoms with Crippen LogP contribution in [-0.4, -0.2) is 11.5 Å². The molecule has 0 saturated carbocycles. The fraction of sp³-hybridized carbons (Fsp3) is 0.214. The van der Waals surface area contributed by atoms with E-state index in [9.17, 15) is 0 Å². The molecule has 0 bridgehead atoms. The van der Waals surface area contributed by atoms with Gasteiger partial charge in [-0.25, -0.2) is 4.98 Å². The van der Waals surface area contributed by atoms with Gasteiger partial charge in [0.2, 0.25) is 5.88 Å². The van der Waals surface area contributed by atoms with Gasteiger partial charge in [-0.15, -0.1) is 0 Å². The molecule has 88 valence electrons. The molecule has 0 fully saturated rings. The molecule has 17 heavy (non-hydrogen) atoms. The van der Waals surface area contributed by atoms with Gasteiger partial charge in [0, 0.05) is 18.2 Å². The highest BCUT2D eigenvalue weighted by Gasteiger charge is 1.98. The van der Waals surface area contributed by atoms with Crippen LogP contribution in [0.5, 0.6) is 5.88 Å². The van der Waals surface area contributed by atoms with Crippen molar-refractivity contribution in [3.05, 3.63) is 59.8 Å². The van der Waals surface area contributed by atoms with Crippen LogP contribution in [0.1, 0.15) is 11.3 Å². The van der Waals surface area contributed by atoms with Gasteiger partial charge < -0.3 is 10.5 Å². The molecule has 0 amide bonds. The molecule has 1 heterocycles. The predicted molar refractivity (Wildman–Crippen MR) is 67.8 cm³/mol. The van der Waals surface area contributed by atoms with Crippen LogP contribution in [0.4, 0.5) is 0 Å². The lowest BCUT2D eigenvalue weighted by atomic mass is 10.2. The molecule has 0 saturated heterocycles. The Morgan fingerprint density at radius 1 is 1.00 bits per heavy atom. The van der Waals surface area contributed by atoms with Crippen molar-refractivity contribution < 1.29 is 4.74 Å². The van der Waals surface area contributed by atoms with Crippen LogP contribution in [0.2, 0.25) is 0 Å². The number of nitrogens with zero attached hydrogens (tertiary/aromatic N) is 1. The number of benzene rings is 1. The van der Waals surface area contributed by atoms with Crippen LogP contribution < -0.4 is 10.5 Å². The molecule has 0 aliphatic heterocycles. The summed E-state index contributed by atoms with van der Waals surface area (Å²) >= 11 is 0. The lowest BCUT2D eigenvalue weighted by Gasteiger charge is -2.06. The van der Waals surface area contributed by atoms with Gasteiger partial charge in [-0.3, -0.25) is 0 Å². The maximum atomic E-state index is 5.63. The topological polar surface area (TPSA) is 48.1 Å². The average Bonchev–Trinajstić information content (AvgIpc) is 2.39. The van der Waals surface area contributed by atoms with E-state index in [2.05, 4.69) is 4.98 Å². The molecule has 0 atom stereocenters. The molecule has 3 heteroatoms. The third kappa shape index (κ3) is 3.57. The van der Waals surface area contributed by atoms with Crippen LogP contribution in [0.3, 0.4) is 0 Å². The summed E-state index contributed by atoms with van der Waals surface area (Å²) in [5.41, 5.74) is 7.60. The summed E-state index contributed by atoms with van der Waals surface area (Å²) in [6.45, 7) is 1.15. The Morgan fingerprint density at radius 2 is 1.82 bits per heavy atom. The average molecular weight is 228 g/mol. The van der Waals surface area contributed by atoms with Crippen molar-refractivity contribution >= 4 is 0 Å². The second kappa shape index (κ2) is 6.01. The first-order chi connectivity index (χ1) is 8.38. The minimum Gasteiger partial charge on any atom is -0.473 e. The van der Waals surface area contributed by atoms with Crippen molar-refractivity contribution in [2.45, 2.75) is 13.0 Å². The molecular weight excluding hydrogens is 212 g/mol. The largest absolute Gasteiger partial charge is 0.473 e. The number of ether oxygens (including phenoxy) is 1. The third-order valence-electron chi connectivity index (χ3n) is 2.41. The Morgan fingerprint density at radius 3 is 2.59 bits per heavy atom. The summed E-state index contributed by atoms with van der Waals surface area (Å²) in [5, 5.41) is 0. The van der Waals surface area contributed by atoms with Gasteiger partial charge in [-0.2, -0.15) is 0 Å². The van der Waals surface area contributed by atoms with Crippen LogP contribution >= 0.6 is 0 Å². The van der Waals surface area contributed by atoms with Gasteiger partial charge in [0.15, 0.2) is 0 Å². The number of aromatic nitrogens is 1. The van der Waals surface area contributed by atoms with Crippen molar-refractivity contribution in [3.8, 4) is 5.88 Å². The number of nitrogens with two attached hydrogens (primary N) is 1. The van der Waals surface area contributed by atoms with Gasteiger partial charge in [0.25, 0.3) is 0 Å². The fourth-order valence-corrected chi connectivity index (χ4v) is 1.56. The Kier molecular flexibility index (Phi) is 4.11. The molecule has 0 aliphatic rings. The zero-order valence-electron chi connectivity index (χ0n) is 9.67. The molecule has 1 aromatic heterocycles. The second-order valence-corrected chi connectivity index (χ2v) is 3.78. The summed E-state index contributed by atoms with van der Waals surface area (Å²) in [6, 6.07) is 15.8. The fourth-order valence-electron chi connectivity index (χ4n) is 1.56. The molecule has 0 radical (unpaired) electrons. The summed E-state index contributed by atoms with van der Waals surface area (Å²) in [7, 11) is 0. The van der Waals surface area contributed by atoms with Crippen molar-refractivity contribution in [2.24, 2.45) is 5.73 Å². The molecule has 2 aromatic rings. The number of pyridine rings is 1. The molecule has 0 unspecified atom stereocenters. The highest BCUT2D eigenvalue weighted by atomic mass is 16.5. The normalized spacial score (nSPS) is 10.2. The molecule has 2 rings (SSSR count). The monoisotopic (exact) mass is 228 g/mol. The van der Waals surface area contributed by atoms with Crippen LogP contribution in [-0.2, 0) is 13.0 Å². The first kappa shape index (κ1) is 11.6. The van der Waals surface area contributed by atoms with E-state index in [4.69, 9.17) is 10.5 Å². The zero-order chi connectivity index (χ0) is 11.9. The Balaban J connectivity index is 1.97. The van der Waals surface area contributed by atoms with Gasteiger partial charge in [-0.1, -0.05) is 36.4 Å². The number of hydrogen-bond acceptors (Lipinski definition) is 3. The Bertz CT molecular complexity index is 457. The summed E-state index contributed by atoms with van der Waals surface area (Å²) < 4.78 is 5.63.